The fourth-order valence-electron chi connectivity index (χ4n) is 2.21. The first-order valence-electron chi connectivity index (χ1n) is 6.24. The Labute approximate surface area is 103 Å². The number of aryl methyl sites for hydroxylation is 1. The van der Waals surface area contributed by atoms with Gasteiger partial charge in [-0.2, -0.15) is 0 Å². The minimum atomic E-state index is 0.190. The molecule has 1 aromatic heterocycles. The first-order valence-corrected chi connectivity index (χ1v) is 6.24. The third-order valence-corrected chi connectivity index (χ3v) is 3.45. The zero-order valence-electron chi connectivity index (χ0n) is 10.7. The molecule has 2 N–H and O–H groups in total. The number of ether oxygens (including phenoxy) is 1. The molecule has 2 unspecified atom stereocenters. The van der Waals surface area contributed by atoms with Gasteiger partial charge in [-0.05, 0) is 13.8 Å². The highest BCUT2D eigenvalue weighted by atomic mass is 16.5. The molecule has 96 valence electrons. The number of nitrogens with zero attached hydrogens (tertiary/aromatic N) is 3. The maximum Gasteiger partial charge on any atom is 0.105 e. The van der Waals surface area contributed by atoms with Gasteiger partial charge >= 0.3 is 0 Å². The zero-order valence-corrected chi connectivity index (χ0v) is 10.7. The minimum absolute atomic E-state index is 0.190. The number of hydrogen-bond acceptors (Lipinski definition) is 4. The van der Waals surface area contributed by atoms with E-state index in [1.807, 2.05) is 19.3 Å². The lowest BCUT2D eigenvalue weighted by molar-refractivity contribution is -0.0543. The summed E-state index contributed by atoms with van der Waals surface area (Å²) in [5.74, 6) is 1.07. The van der Waals surface area contributed by atoms with Crippen LogP contribution in [0.1, 0.15) is 12.7 Å². The highest BCUT2D eigenvalue weighted by Gasteiger charge is 2.24. The molecule has 1 aliphatic heterocycles. The molecule has 0 spiro atoms. The number of rotatable bonds is 4. The standard InChI is InChI=1S/C12H22N4O/c1-10-9-17-12(7-13)8-16(10)6-5-15-4-3-14-11(15)2/h3-4,10,12H,5-9,13H2,1-2H3. The monoisotopic (exact) mass is 238 g/mol. The third-order valence-electron chi connectivity index (χ3n) is 3.45. The molecule has 1 saturated heterocycles. The molecule has 5 heteroatoms. The van der Waals surface area contributed by atoms with E-state index in [2.05, 4.69) is 21.4 Å². The van der Waals surface area contributed by atoms with Gasteiger partial charge in [-0.25, -0.2) is 4.98 Å². The molecular formula is C12H22N4O. The quantitative estimate of drug-likeness (QED) is 0.816. The Morgan fingerprint density at radius 3 is 3.00 bits per heavy atom. The van der Waals surface area contributed by atoms with E-state index in [9.17, 15) is 0 Å². The van der Waals surface area contributed by atoms with Crippen LogP contribution in [0, 0.1) is 6.92 Å². The molecule has 0 aromatic carbocycles. The average Bonchev–Trinajstić information content (AvgIpc) is 2.74. The van der Waals surface area contributed by atoms with Crippen LogP contribution in [-0.2, 0) is 11.3 Å². The summed E-state index contributed by atoms with van der Waals surface area (Å²) in [5, 5.41) is 0. The van der Waals surface area contributed by atoms with Crippen molar-refractivity contribution in [1.82, 2.24) is 14.5 Å². The van der Waals surface area contributed by atoms with Crippen molar-refractivity contribution >= 4 is 0 Å². The van der Waals surface area contributed by atoms with Gasteiger partial charge in [0.1, 0.15) is 5.82 Å². The average molecular weight is 238 g/mol. The van der Waals surface area contributed by atoms with Crippen LogP contribution < -0.4 is 5.73 Å². The third kappa shape index (κ3) is 3.06. The van der Waals surface area contributed by atoms with E-state index in [0.29, 0.717) is 12.6 Å². The molecule has 2 atom stereocenters. The van der Waals surface area contributed by atoms with Crippen molar-refractivity contribution in [2.45, 2.75) is 32.5 Å². The molecule has 1 aromatic rings. The maximum absolute atomic E-state index is 5.66. The summed E-state index contributed by atoms with van der Waals surface area (Å²) in [5.41, 5.74) is 5.66. The number of imidazole rings is 1. The summed E-state index contributed by atoms with van der Waals surface area (Å²) in [6, 6.07) is 0.474. The smallest absolute Gasteiger partial charge is 0.105 e. The van der Waals surface area contributed by atoms with Gasteiger partial charge in [0.2, 0.25) is 0 Å². The lowest BCUT2D eigenvalue weighted by atomic mass is 10.2. The molecular weight excluding hydrogens is 216 g/mol. The lowest BCUT2D eigenvalue weighted by Gasteiger charge is -2.37. The van der Waals surface area contributed by atoms with E-state index in [0.717, 1.165) is 32.1 Å². The topological polar surface area (TPSA) is 56.3 Å². The van der Waals surface area contributed by atoms with Crippen molar-refractivity contribution in [1.29, 1.82) is 0 Å². The van der Waals surface area contributed by atoms with Crippen molar-refractivity contribution in [3.8, 4) is 0 Å². The molecule has 17 heavy (non-hydrogen) atoms. The van der Waals surface area contributed by atoms with Gasteiger partial charge in [-0.3, -0.25) is 4.90 Å². The van der Waals surface area contributed by atoms with Gasteiger partial charge < -0.3 is 15.0 Å². The summed E-state index contributed by atoms with van der Waals surface area (Å²) in [7, 11) is 0. The normalized spacial score (nSPS) is 26.3. The lowest BCUT2D eigenvalue weighted by Crippen LogP contribution is -2.51. The number of nitrogens with two attached hydrogens (primary N) is 1. The summed E-state index contributed by atoms with van der Waals surface area (Å²) in [6.45, 7) is 8.56. The van der Waals surface area contributed by atoms with E-state index in [-0.39, 0.29) is 6.10 Å². The summed E-state index contributed by atoms with van der Waals surface area (Å²) < 4.78 is 7.82. The van der Waals surface area contributed by atoms with E-state index < -0.39 is 0 Å². The van der Waals surface area contributed by atoms with Crippen molar-refractivity contribution in [2.75, 3.05) is 26.2 Å². The predicted molar refractivity (Wildman–Crippen MR) is 66.8 cm³/mol. The summed E-state index contributed by atoms with van der Waals surface area (Å²) >= 11 is 0. The van der Waals surface area contributed by atoms with Crippen LogP contribution >= 0.6 is 0 Å². The number of hydrogen-bond donors (Lipinski definition) is 1. The Hall–Kier alpha value is -0.910. The van der Waals surface area contributed by atoms with Gasteiger partial charge in [0, 0.05) is 44.6 Å². The van der Waals surface area contributed by atoms with Gasteiger partial charge in [0.15, 0.2) is 0 Å². The SMILES string of the molecule is Cc1nccn1CCN1CC(CN)OCC1C. The summed E-state index contributed by atoms with van der Waals surface area (Å²) in [6.07, 6.45) is 4.07. The van der Waals surface area contributed by atoms with Crippen LogP contribution in [-0.4, -0.2) is 52.8 Å². The van der Waals surface area contributed by atoms with Crippen LogP contribution in [0.15, 0.2) is 12.4 Å². The first-order chi connectivity index (χ1) is 8.20. The Balaban J connectivity index is 1.87. The van der Waals surface area contributed by atoms with Crippen molar-refractivity contribution in [3.05, 3.63) is 18.2 Å². The van der Waals surface area contributed by atoms with E-state index in [1.165, 1.54) is 0 Å². The Kier molecular flexibility index (Phi) is 4.15. The second-order valence-corrected chi connectivity index (χ2v) is 4.70. The van der Waals surface area contributed by atoms with Crippen LogP contribution in [0.4, 0.5) is 0 Å². The molecule has 0 amide bonds. The fourth-order valence-corrected chi connectivity index (χ4v) is 2.21. The molecule has 1 aliphatic rings. The van der Waals surface area contributed by atoms with E-state index in [1.54, 1.807) is 0 Å². The molecule has 0 saturated carbocycles. The van der Waals surface area contributed by atoms with Gasteiger partial charge in [0.05, 0.1) is 12.7 Å². The first kappa shape index (κ1) is 12.5. The van der Waals surface area contributed by atoms with Crippen molar-refractivity contribution in [3.63, 3.8) is 0 Å². The van der Waals surface area contributed by atoms with E-state index in [4.69, 9.17) is 10.5 Å². The molecule has 0 bridgehead atoms. The van der Waals surface area contributed by atoms with Gasteiger partial charge in [0.25, 0.3) is 0 Å². The van der Waals surface area contributed by atoms with Gasteiger partial charge in [-0.15, -0.1) is 0 Å². The molecule has 0 radical (unpaired) electrons. The second-order valence-electron chi connectivity index (χ2n) is 4.70. The number of aromatic nitrogens is 2. The maximum atomic E-state index is 5.66. The highest BCUT2D eigenvalue weighted by Crippen LogP contribution is 2.11. The molecule has 0 aliphatic carbocycles. The second kappa shape index (κ2) is 5.62. The van der Waals surface area contributed by atoms with Crippen molar-refractivity contribution < 1.29 is 4.74 Å². The zero-order chi connectivity index (χ0) is 12.3. The largest absolute Gasteiger partial charge is 0.374 e. The molecule has 2 rings (SSSR count). The van der Waals surface area contributed by atoms with Gasteiger partial charge in [-0.1, -0.05) is 0 Å². The predicted octanol–water partition coefficient (Wildman–Crippen LogP) is 0.240. The highest BCUT2D eigenvalue weighted by molar-refractivity contribution is 4.89. The number of morpholine rings is 1. The van der Waals surface area contributed by atoms with Crippen LogP contribution in [0.2, 0.25) is 0 Å². The minimum Gasteiger partial charge on any atom is -0.374 e. The molecule has 1 fully saturated rings. The van der Waals surface area contributed by atoms with Crippen molar-refractivity contribution in [2.24, 2.45) is 5.73 Å². The van der Waals surface area contributed by atoms with Crippen LogP contribution in [0.5, 0.6) is 0 Å². The Morgan fingerprint density at radius 2 is 2.35 bits per heavy atom. The molecule has 5 nitrogen and oxygen atoms in total. The molecule has 2 heterocycles. The Morgan fingerprint density at radius 1 is 1.53 bits per heavy atom. The fraction of sp³-hybridized carbons (Fsp3) is 0.750. The Bertz CT molecular complexity index is 352. The summed E-state index contributed by atoms with van der Waals surface area (Å²) in [4.78, 5) is 6.68. The van der Waals surface area contributed by atoms with Crippen LogP contribution in [0.3, 0.4) is 0 Å². The van der Waals surface area contributed by atoms with Crippen LogP contribution in [0.25, 0.3) is 0 Å². The van der Waals surface area contributed by atoms with E-state index >= 15 is 0 Å².